The van der Waals surface area contributed by atoms with Gasteiger partial charge in [-0.25, -0.2) is 4.39 Å². The Morgan fingerprint density at radius 2 is 2.14 bits per heavy atom. The van der Waals surface area contributed by atoms with Crippen molar-refractivity contribution in [1.29, 1.82) is 0 Å². The summed E-state index contributed by atoms with van der Waals surface area (Å²) in [4.78, 5) is 6.56. The van der Waals surface area contributed by atoms with E-state index in [1.807, 2.05) is 31.9 Å². The Kier molecular flexibility index (Phi) is 12.1. The smallest absolute Gasteiger partial charge is 0.193 e. The van der Waals surface area contributed by atoms with Crippen LogP contribution in [-0.4, -0.2) is 44.2 Å². The molecule has 126 valence electrons. The summed E-state index contributed by atoms with van der Waals surface area (Å²) in [6.45, 7) is 7.63. The van der Waals surface area contributed by atoms with Crippen molar-refractivity contribution in [2.45, 2.75) is 26.8 Å². The molecule has 0 aliphatic carbocycles. The molecular formula is C16H27FIN3O. The van der Waals surface area contributed by atoms with Crippen LogP contribution < -0.4 is 5.32 Å². The lowest BCUT2D eigenvalue weighted by Crippen LogP contribution is -2.38. The first-order valence-electron chi connectivity index (χ1n) is 7.49. The van der Waals surface area contributed by atoms with Crippen LogP contribution in [0.25, 0.3) is 0 Å². The van der Waals surface area contributed by atoms with Crippen molar-refractivity contribution in [2.75, 3.05) is 33.4 Å². The summed E-state index contributed by atoms with van der Waals surface area (Å²) >= 11 is 0. The minimum Gasteiger partial charge on any atom is -0.382 e. The first-order chi connectivity index (χ1) is 10.2. The largest absolute Gasteiger partial charge is 0.382 e. The van der Waals surface area contributed by atoms with E-state index in [1.165, 1.54) is 6.07 Å². The fourth-order valence-corrected chi connectivity index (χ4v) is 1.95. The van der Waals surface area contributed by atoms with Gasteiger partial charge in [0.05, 0.1) is 0 Å². The van der Waals surface area contributed by atoms with Gasteiger partial charge in [-0.1, -0.05) is 12.1 Å². The number of hydrogen-bond donors (Lipinski definition) is 1. The molecule has 0 saturated heterocycles. The third-order valence-corrected chi connectivity index (χ3v) is 2.92. The second kappa shape index (κ2) is 12.6. The molecule has 1 rings (SSSR count). The van der Waals surface area contributed by atoms with Gasteiger partial charge in [0.15, 0.2) is 5.96 Å². The van der Waals surface area contributed by atoms with E-state index in [2.05, 4.69) is 10.3 Å². The fraction of sp³-hybridized carbons (Fsp3) is 0.562. The fourth-order valence-electron chi connectivity index (χ4n) is 1.95. The maximum absolute atomic E-state index is 13.2. The van der Waals surface area contributed by atoms with Gasteiger partial charge < -0.3 is 15.0 Å². The second-order valence-electron chi connectivity index (χ2n) is 4.77. The summed E-state index contributed by atoms with van der Waals surface area (Å²) < 4.78 is 18.5. The quantitative estimate of drug-likeness (QED) is 0.302. The van der Waals surface area contributed by atoms with E-state index < -0.39 is 0 Å². The van der Waals surface area contributed by atoms with E-state index in [9.17, 15) is 4.39 Å². The molecule has 4 nitrogen and oxygen atoms in total. The molecule has 6 heteroatoms. The van der Waals surface area contributed by atoms with Gasteiger partial charge in [-0.2, -0.15) is 0 Å². The van der Waals surface area contributed by atoms with Crippen LogP contribution in [0.2, 0.25) is 0 Å². The minimum absolute atomic E-state index is 0. The summed E-state index contributed by atoms with van der Waals surface area (Å²) in [5.41, 5.74) is 0.928. The highest BCUT2D eigenvalue weighted by Gasteiger charge is 2.06. The second-order valence-corrected chi connectivity index (χ2v) is 4.77. The molecule has 0 amide bonds. The van der Waals surface area contributed by atoms with E-state index in [-0.39, 0.29) is 29.8 Å². The zero-order chi connectivity index (χ0) is 15.5. The SMILES string of the molecule is CCNC(=NCCCOCC)N(C)Cc1cccc(F)c1.I. The summed E-state index contributed by atoms with van der Waals surface area (Å²) in [5.74, 6) is 0.623. The first-order valence-corrected chi connectivity index (χ1v) is 7.49. The molecular weight excluding hydrogens is 396 g/mol. The summed E-state index contributed by atoms with van der Waals surface area (Å²) in [6.07, 6.45) is 0.899. The Hall–Kier alpha value is -0.890. The lowest BCUT2D eigenvalue weighted by atomic mass is 10.2. The van der Waals surface area contributed by atoms with E-state index in [4.69, 9.17) is 4.74 Å². The number of halogens is 2. The lowest BCUT2D eigenvalue weighted by molar-refractivity contribution is 0.146. The highest BCUT2D eigenvalue weighted by molar-refractivity contribution is 14.0. The summed E-state index contributed by atoms with van der Waals surface area (Å²) in [7, 11) is 1.95. The van der Waals surface area contributed by atoms with Crippen molar-refractivity contribution >= 4 is 29.9 Å². The molecule has 0 saturated carbocycles. The van der Waals surface area contributed by atoms with E-state index in [0.717, 1.165) is 44.2 Å². The van der Waals surface area contributed by atoms with E-state index >= 15 is 0 Å². The van der Waals surface area contributed by atoms with Crippen molar-refractivity contribution in [1.82, 2.24) is 10.2 Å². The number of ether oxygens (including phenoxy) is 1. The minimum atomic E-state index is -0.209. The molecule has 0 aromatic heterocycles. The topological polar surface area (TPSA) is 36.9 Å². The molecule has 0 bridgehead atoms. The van der Waals surface area contributed by atoms with Gasteiger partial charge in [0, 0.05) is 39.9 Å². The molecule has 22 heavy (non-hydrogen) atoms. The lowest BCUT2D eigenvalue weighted by Gasteiger charge is -2.22. The number of guanidine groups is 1. The standard InChI is InChI=1S/C16H26FN3O.HI/c1-4-18-16(19-10-7-11-21-5-2)20(3)13-14-8-6-9-15(17)12-14;/h6,8-9,12H,4-5,7,10-11,13H2,1-3H3,(H,18,19);1H. The average molecular weight is 423 g/mol. The molecule has 0 aliphatic heterocycles. The maximum Gasteiger partial charge on any atom is 0.193 e. The molecule has 0 fully saturated rings. The number of hydrogen-bond acceptors (Lipinski definition) is 2. The van der Waals surface area contributed by atoms with Gasteiger partial charge in [-0.15, -0.1) is 24.0 Å². The number of aliphatic imine (C=N–C) groups is 1. The zero-order valence-corrected chi connectivity index (χ0v) is 16.0. The third kappa shape index (κ3) is 8.53. The Balaban J connectivity index is 0.00000441. The molecule has 0 unspecified atom stereocenters. The highest BCUT2D eigenvalue weighted by Crippen LogP contribution is 2.06. The van der Waals surface area contributed by atoms with E-state index in [0.29, 0.717) is 6.54 Å². The molecule has 0 atom stereocenters. The third-order valence-electron chi connectivity index (χ3n) is 2.92. The number of rotatable bonds is 8. The van der Waals surface area contributed by atoms with Crippen molar-refractivity contribution in [3.63, 3.8) is 0 Å². The van der Waals surface area contributed by atoms with Crippen LogP contribution in [0, 0.1) is 5.82 Å². The van der Waals surface area contributed by atoms with Gasteiger partial charge in [0.2, 0.25) is 0 Å². The van der Waals surface area contributed by atoms with Crippen LogP contribution in [0.1, 0.15) is 25.8 Å². The summed E-state index contributed by atoms with van der Waals surface area (Å²) in [5, 5.41) is 3.25. The Bertz CT molecular complexity index is 443. The van der Waals surface area contributed by atoms with Crippen LogP contribution in [-0.2, 0) is 11.3 Å². The zero-order valence-electron chi connectivity index (χ0n) is 13.6. The van der Waals surface area contributed by atoms with Crippen molar-refractivity contribution in [3.05, 3.63) is 35.6 Å². The average Bonchev–Trinajstić information content (AvgIpc) is 2.46. The van der Waals surface area contributed by atoms with Gasteiger partial charge in [0.25, 0.3) is 0 Å². The van der Waals surface area contributed by atoms with Crippen LogP contribution in [0.4, 0.5) is 4.39 Å². The predicted octanol–water partition coefficient (Wildman–Crippen LogP) is 3.27. The van der Waals surface area contributed by atoms with Crippen molar-refractivity contribution in [3.8, 4) is 0 Å². The van der Waals surface area contributed by atoms with Crippen molar-refractivity contribution in [2.24, 2.45) is 4.99 Å². The van der Waals surface area contributed by atoms with Gasteiger partial charge in [-0.3, -0.25) is 4.99 Å². The molecule has 0 aliphatic rings. The molecule has 0 radical (unpaired) electrons. The maximum atomic E-state index is 13.2. The van der Waals surface area contributed by atoms with Crippen LogP contribution in [0.3, 0.4) is 0 Å². The summed E-state index contributed by atoms with van der Waals surface area (Å²) in [6, 6.07) is 6.65. The monoisotopic (exact) mass is 423 g/mol. The molecule has 0 spiro atoms. The number of benzene rings is 1. The van der Waals surface area contributed by atoms with Crippen molar-refractivity contribution < 1.29 is 9.13 Å². The van der Waals surface area contributed by atoms with Crippen LogP contribution >= 0.6 is 24.0 Å². The first kappa shape index (κ1) is 21.1. The van der Waals surface area contributed by atoms with E-state index in [1.54, 1.807) is 12.1 Å². The van der Waals surface area contributed by atoms with Gasteiger partial charge in [0.1, 0.15) is 5.82 Å². The highest BCUT2D eigenvalue weighted by atomic mass is 127. The van der Waals surface area contributed by atoms with Gasteiger partial charge in [-0.05, 0) is 38.0 Å². The molecule has 1 aromatic carbocycles. The molecule has 0 heterocycles. The normalized spacial score (nSPS) is 11.0. The number of nitrogens with one attached hydrogen (secondary N) is 1. The van der Waals surface area contributed by atoms with Crippen LogP contribution in [0.15, 0.2) is 29.3 Å². The molecule has 1 aromatic rings. The predicted molar refractivity (Wildman–Crippen MR) is 100 cm³/mol. The number of nitrogens with zero attached hydrogens (tertiary/aromatic N) is 2. The van der Waals surface area contributed by atoms with Crippen LogP contribution in [0.5, 0.6) is 0 Å². The Labute approximate surface area is 150 Å². The Morgan fingerprint density at radius 1 is 1.36 bits per heavy atom. The van der Waals surface area contributed by atoms with Gasteiger partial charge >= 0.3 is 0 Å². The Morgan fingerprint density at radius 3 is 2.77 bits per heavy atom. The molecule has 1 N–H and O–H groups in total.